The van der Waals surface area contributed by atoms with Gasteiger partial charge in [0, 0.05) is 10.3 Å². The molecule has 0 saturated heterocycles. The molecule has 0 unspecified atom stereocenters. The first-order chi connectivity index (χ1) is 8.71. The second-order valence-corrected chi connectivity index (χ2v) is 1.95. The first kappa shape index (κ1) is 2.65. The highest BCUT2D eigenvalue weighted by Gasteiger charge is 2.02. The normalized spacial score (nSPS) is 19.5. The minimum Gasteiger partial charge on any atom is -0.263 e. The zero-order chi connectivity index (χ0) is 14.4. The fourth-order valence-electron chi connectivity index (χ4n) is 0.704. The van der Waals surface area contributed by atoms with Gasteiger partial charge in [0.2, 0.25) is 0 Å². The molecule has 0 fully saturated rings. The summed E-state index contributed by atoms with van der Waals surface area (Å²) in [6, 6.07) is -1.37. The summed E-state index contributed by atoms with van der Waals surface area (Å²) in [5, 5.41) is 5.83. The molecule has 4 nitrogen and oxygen atoms in total. The predicted molar refractivity (Wildman–Crippen MR) is 44.4 cm³/mol. The lowest BCUT2D eigenvalue weighted by Gasteiger charge is -1.89. The number of nitrogens with one attached hydrogen (secondary N) is 1. The number of aryl methyl sites for hydroxylation is 1. The van der Waals surface area contributed by atoms with Gasteiger partial charge in [-0.05, 0) is 18.9 Å². The first-order valence-electron chi connectivity index (χ1n) is 6.59. The standard InChI is InChI=1S/C8H8N4/c1-6-10-8(12-11-6)7-4-2-3-5-9-7/h2-5H,1H3,(H,10,11,12)/i1D3,2D,3D,4D,5D. The molecular formula is C8H8N4. The molecule has 0 aliphatic carbocycles. The molecule has 2 aromatic rings. The zero-order valence-electron chi connectivity index (χ0n) is 12.8. The minimum atomic E-state index is -2.48. The van der Waals surface area contributed by atoms with Crippen molar-refractivity contribution in [1.82, 2.24) is 20.2 Å². The van der Waals surface area contributed by atoms with Crippen LogP contribution in [-0.4, -0.2) is 20.2 Å². The Bertz CT molecular complexity index is 633. The lowest BCUT2D eigenvalue weighted by Crippen LogP contribution is -1.83. The number of aromatic nitrogens is 4. The predicted octanol–water partition coefficient (Wildman–Crippen LogP) is 1.18. The fraction of sp³-hybridized carbons (Fsp3) is 0.125. The van der Waals surface area contributed by atoms with Crippen molar-refractivity contribution in [2.75, 3.05) is 0 Å². The van der Waals surface area contributed by atoms with E-state index in [9.17, 15) is 0 Å². The second-order valence-electron chi connectivity index (χ2n) is 1.95. The van der Waals surface area contributed by atoms with E-state index in [1.54, 1.807) is 0 Å². The number of nitrogens with zero attached hydrogens (tertiary/aromatic N) is 3. The van der Waals surface area contributed by atoms with Gasteiger partial charge in [-0.15, -0.1) is 0 Å². The summed E-state index contributed by atoms with van der Waals surface area (Å²) in [5.74, 6) is -0.546. The molecular weight excluding hydrogens is 152 g/mol. The van der Waals surface area contributed by atoms with E-state index in [4.69, 9.17) is 9.60 Å². The van der Waals surface area contributed by atoms with Gasteiger partial charge in [0.05, 0.1) is 5.48 Å². The van der Waals surface area contributed by atoms with E-state index in [0.717, 1.165) is 0 Å². The highest BCUT2D eigenvalue weighted by atomic mass is 15.2. The zero-order valence-corrected chi connectivity index (χ0v) is 5.84. The third kappa shape index (κ3) is 1.18. The van der Waals surface area contributed by atoms with Crippen LogP contribution in [0.25, 0.3) is 11.5 Å². The summed E-state index contributed by atoms with van der Waals surface area (Å²) in [4.78, 5) is 7.33. The smallest absolute Gasteiger partial charge is 0.199 e. The number of H-pyrrole nitrogens is 1. The average molecular weight is 167 g/mol. The molecule has 0 aliphatic heterocycles. The van der Waals surface area contributed by atoms with Crippen LogP contribution < -0.4 is 0 Å². The number of aromatic amines is 1. The van der Waals surface area contributed by atoms with Crippen LogP contribution in [0.5, 0.6) is 0 Å². The molecule has 0 aliphatic rings. The third-order valence-corrected chi connectivity index (χ3v) is 1.16. The van der Waals surface area contributed by atoms with Crippen LogP contribution in [0.1, 0.15) is 15.4 Å². The van der Waals surface area contributed by atoms with Gasteiger partial charge in [-0.25, -0.2) is 4.98 Å². The Morgan fingerprint density at radius 1 is 1.58 bits per heavy atom. The minimum absolute atomic E-state index is 0.182. The topological polar surface area (TPSA) is 54.5 Å². The number of hydrogen-bond acceptors (Lipinski definition) is 3. The highest BCUT2D eigenvalue weighted by Crippen LogP contribution is 2.08. The summed E-state index contributed by atoms with van der Waals surface area (Å²) in [5.41, 5.74) is -0.197. The monoisotopic (exact) mass is 167 g/mol. The van der Waals surface area contributed by atoms with E-state index < -0.39 is 31.2 Å². The van der Waals surface area contributed by atoms with Crippen molar-refractivity contribution >= 4 is 0 Å². The van der Waals surface area contributed by atoms with Crippen LogP contribution in [0.3, 0.4) is 0 Å². The number of hydrogen-bond donors (Lipinski definition) is 1. The molecule has 0 saturated carbocycles. The summed E-state index contributed by atoms with van der Waals surface area (Å²) in [6.45, 7) is -2.48. The van der Waals surface area contributed by atoms with E-state index in [1.165, 1.54) is 0 Å². The van der Waals surface area contributed by atoms with Gasteiger partial charge in [0.25, 0.3) is 0 Å². The van der Waals surface area contributed by atoms with Crippen molar-refractivity contribution in [3.8, 4) is 11.5 Å². The van der Waals surface area contributed by atoms with Gasteiger partial charge in [0.15, 0.2) is 5.82 Å². The molecule has 0 aromatic carbocycles. The van der Waals surface area contributed by atoms with E-state index >= 15 is 0 Å². The Balaban J connectivity index is 2.57. The second kappa shape index (κ2) is 2.73. The molecule has 0 spiro atoms. The summed E-state index contributed by atoms with van der Waals surface area (Å²) < 4.78 is 51.3. The van der Waals surface area contributed by atoms with Gasteiger partial charge < -0.3 is 0 Å². The third-order valence-electron chi connectivity index (χ3n) is 1.16. The van der Waals surface area contributed by atoms with Crippen LogP contribution >= 0.6 is 0 Å². The van der Waals surface area contributed by atoms with Crippen molar-refractivity contribution < 1.29 is 9.60 Å². The van der Waals surface area contributed by atoms with Crippen molar-refractivity contribution in [2.45, 2.75) is 6.85 Å². The van der Waals surface area contributed by atoms with Crippen LogP contribution in [0.4, 0.5) is 0 Å². The molecule has 0 atom stereocenters. The van der Waals surface area contributed by atoms with E-state index in [1.807, 2.05) is 0 Å². The fourth-order valence-corrected chi connectivity index (χ4v) is 0.704. The Morgan fingerprint density at radius 3 is 3.42 bits per heavy atom. The number of pyridine rings is 1. The SMILES string of the molecule is [2H]c1nc(-c2n[nH]c(C([2H])([2H])[2H])n2)c([2H])c([2H])c1[2H]. The first-order valence-corrected chi connectivity index (χ1v) is 3.09. The molecule has 12 heavy (non-hydrogen) atoms. The van der Waals surface area contributed by atoms with E-state index in [-0.39, 0.29) is 17.3 Å². The van der Waals surface area contributed by atoms with Crippen LogP contribution in [0.15, 0.2) is 24.3 Å². The molecule has 4 heteroatoms. The lowest BCUT2D eigenvalue weighted by atomic mass is 10.3. The summed E-state index contributed by atoms with van der Waals surface area (Å²) in [7, 11) is 0. The average Bonchev–Trinajstić information content (AvgIpc) is 2.80. The van der Waals surface area contributed by atoms with Gasteiger partial charge in [-0.2, -0.15) is 5.10 Å². The number of rotatable bonds is 1. The van der Waals surface area contributed by atoms with Gasteiger partial charge in [-0.1, -0.05) is 6.04 Å². The largest absolute Gasteiger partial charge is 0.263 e. The van der Waals surface area contributed by atoms with Crippen molar-refractivity contribution in [3.63, 3.8) is 0 Å². The Morgan fingerprint density at radius 2 is 2.58 bits per heavy atom. The Hall–Kier alpha value is -1.71. The van der Waals surface area contributed by atoms with Gasteiger partial charge >= 0.3 is 0 Å². The Kier molecular flexibility index (Phi) is 0.604. The van der Waals surface area contributed by atoms with Gasteiger partial charge in [0.1, 0.15) is 11.5 Å². The molecule has 1 N–H and O–H groups in total. The van der Waals surface area contributed by atoms with E-state index in [0.29, 0.717) is 0 Å². The Labute approximate surface area is 79.5 Å². The molecule has 0 amide bonds. The van der Waals surface area contributed by atoms with Gasteiger partial charge in [-0.3, -0.25) is 10.1 Å². The van der Waals surface area contributed by atoms with Crippen LogP contribution in [0, 0.1) is 6.85 Å². The molecule has 2 aromatic heterocycles. The van der Waals surface area contributed by atoms with Crippen molar-refractivity contribution in [1.29, 1.82) is 0 Å². The maximum Gasteiger partial charge on any atom is 0.199 e. The molecule has 60 valence electrons. The van der Waals surface area contributed by atoms with Crippen molar-refractivity contribution in [3.05, 3.63) is 30.1 Å². The highest BCUT2D eigenvalue weighted by molar-refractivity contribution is 5.47. The molecule has 0 radical (unpaired) electrons. The quantitative estimate of drug-likeness (QED) is 0.693. The molecule has 0 bridgehead atoms. The van der Waals surface area contributed by atoms with Crippen LogP contribution in [-0.2, 0) is 0 Å². The van der Waals surface area contributed by atoms with Crippen LogP contribution in [0.2, 0.25) is 0 Å². The maximum absolute atomic E-state index is 7.65. The van der Waals surface area contributed by atoms with Crippen molar-refractivity contribution in [2.24, 2.45) is 0 Å². The molecule has 2 rings (SSSR count). The molecule has 2 heterocycles. The summed E-state index contributed by atoms with van der Waals surface area (Å²) >= 11 is 0. The lowest BCUT2D eigenvalue weighted by molar-refractivity contribution is 1.04. The maximum atomic E-state index is 7.65. The summed E-state index contributed by atoms with van der Waals surface area (Å²) in [6.07, 6.45) is -0.490. The van der Waals surface area contributed by atoms with E-state index in [2.05, 4.69) is 20.2 Å².